The molecule has 2 aliphatic rings. The number of fused-ring (bicyclic) bond motifs is 6. The number of carbonyl (C=O) groups is 2. The molecule has 0 saturated carbocycles. The number of esters is 1. The van der Waals surface area contributed by atoms with E-state index in [0.29, 0.717) is 11.1 Å². The lowest BCUT2D eigenvalue weighted by atomic mass is 9.77. The molecule has 3 N–H and O–H groups in total. The normalized spacial score (nSPS) is 14.6. The fraction of sp³-hybridized carbons (Fsp3) is 0.130. The Morgan fingerprint density at radius 3 is 1.94 bits per heavy atom. The third-order valence-electron chi connectivity index (χ3n) is 5.65. The first kappa shape index (κ1) is 19.6. The van der Waals surface area contributed by atoms with Crippen LogP contribution in [0.5, 0.6) is 34.5 Å². The summed E-state index contributed by atoms with van der Waals surface area (Å²) >= 11 is 0. The van der Waals surface area contributed by atoms with Gasteiger partial charge in [-0.3, -0.25) is 0 Å². The monoisotopic (exact) mass is 436 g/mol. The first-order chi connectivity index (χ1) is 15.3. The van der Waals surface area contributed by atoms with Gasteiger partial charge in [-0.2, -0.15) is 0 Å². The van der Waals surface area contributed by atoms with Crippen molar-refractivity contribution in [2.75, 3.05) is 14.2 Å². The van der Waals surface area contributed by atoms with Crippen LogP contribution in [0.4, 0.5) is 0 Å². The quantitative estimate of drug-likeness (QED) is 0.529. The van der Waals surface area contributed by atoms with Gasteiger partial charge >= 0.3 is 11.9 Å². The van der Waals surface area contributed by atoms with Crippen LogP contribution in [-0.2, 0) is 10.3 Å². The second-order valence-corrected chi connectivity index (χ2v) is 7.28. The van der Waals surface area contributed by atoms with Crippen LogP contribution in [0.1, 0.15) is 37.4 Å². The smallest absolute Gasteiger partial charge is 0.340 e. The van der Waals surface area contributed by atoms with Gasteiger partial charge < -0.3 is 34.3 Å². The summed E-state index contributed by atoms with van der Waals surface area (Å²) in [4.78, 5) is 24.6. The number of carbonyl (C=O) groups excluding carboxylic acids is 1. The van der Waals surface area contributed by atoms with Crippen molar-refractivity contribution in [3.8, 4) is 34.5 Å². The highest BCUT2D eigenvalue weighted by Gasteiger charge is 2.54. The lowest BCUT2D eigenvalue weighted by molar-refractivity contribution is 0.0222. The van der Waals surface area contributed by atoms with Crippen LogP contribution < -0.4 is 14.2 Å². The van der Waals surface area contributed by atoms with E-state index < -0.39 is 17.5 Å². The molecular formula is C23H16O9. The molecule has 0 saturated heterocycles. The van der Waals surface area contributed by atoms with E-state index in [1.165, 1.54) is 56.7 Å². The number of phenolic OH excluding ortho intramolecular Hbond substituents is 2. The molecule has 0 aliphatic carbocycles. The van der Waals surface area contributed by atoms with Gasteiger partial charge in [0.05, 0.1) is 36.5 Å². The van der Waals surface area contributed by atoms with Gasteiger partial charge in [0.2, 0.25) is 0 Å². The molecule has 0 bridgehead atoms. The van der Waals surface area contributed by atoms with E-state index in [0.717, 1.165) is 0 Å². The minimum absolute atomic E-state index is 0.0486. The van der Waals surface area contributed by atoms with Crippen molar-refractivity contribution in [3.05, 3.63) is 70.3 Å². The predicted molar refractivity (Wildman–Crippen MR) is 108 cm³/mol. The summed E-state index contributed by atoms with van der Waals surface area (Å²) in [6.07, 6.45) is 0. The minimum atomic E-state index is -1.64. The summed E-state index contributed by atoms with van der Waals surface area (Å²) < 4.78 is 22.3. The van der Waals surface area contributed by atoms with Gasteiger partial charge in [0.15, 0.2) is 28.6 Å². The standard InChI is InChI=1S/C23H16O9/c1-29-19-6-13-17(8-15(19)24)31-18-9-16(25)20(30-2)7-14(18)23(13)12-5-10(21(26)27)3-4-11(12)22(28)32-23/h3-9,24-25H,1-2H3,(H,26,27). The topological polar surface area (TPSA) is 132 Å². The molecule has 2 heterocycles. The summed E-state index contributed by atoms with van der Waals surface area (Å²) in [5.41, 5.74) is -0.624. The molecule has 162 valence electrons. The molecule has 0 fully saturated rings. The number of benzene rings is 3. The van der Waals surface area contributed by atoms with Crippen LogP contribution in [0.3, 0.4) is 0 Å². The van der Waals surface area contributed by atoms with Crippen molar-refractivity contribution in [1.82, 2.24) is 0 Å². The van der Waals surface area contributed by atoms with Crippen LogP contribution in [-0.4, -0.2) is 41.5 Å². The first-order valence-electron chi connectivity index (χ1n) is 9.42. The van der Waals surface area contributed by atoms with Crippen LogP contribution >= 0.6 is 0 Å². The third kappa shape index (κ3) is 2.45. The number of carboxylic acids is 1. The molecular weight excluding hydrogens is 420 g/mol. The summed E-state index contributed by atoms with van der Waals surface area (Å²) in [5, 5.41) is 30.1. The van der Waals surface area contributed by atoms with E-state index >= 15 is 0 Å². The van der Waals surface area contributed by atoms with E-state index in [9.17, 15) is 24.9 Å². The first-order valence-corrected chi connectivity index (χ1v) is 9.42. The third-order valence-corrected chi connectivity index (χ3v) is 5.65. The fourth-order valence-corrected chi connectivity index (χ4v) is 4.20. The Kier molecular flexibility index (Phi) is 4.00. The Bertz CT molecular complexity index is 1270. The van der Waals surface area contributed by atoms with Crippen molar-refractivity contribution in [3.63, 3.8) is 0 Å². The van der Waals surface area contributed by atoms with E-state index in [1.807, 2.05) is 0 Å². The predicted octanol–water partition coefficient (Wildman–Crippen LogP) is 3.38. The summed E-state index contributed by atoms with van der Waals surface area (Å²) in [6, 6.07) is 9.59. The van der Waals surface area contributed by atoms with Gasteiger partial charge in [0.25, 0.3) is 0 Å². The minimum Gasteiger partial charge on any atom is -0.504 e. The van der Waals surface area contributed by atoms with E-state index in [1.54, 1.807) is 0 Å². The average molecular weight is 436 g/mol. The highest BCUT2D eigenvalue weighted by molar-refractivity contribution is 5.99. The molecule has 0 aromatic heterocycles. The number of aromatic hydroxyl groups is 2. The van der Waals surface area contributed by atoms with Gasteiger partial charge in [-0.15, -0.1) is 0 Å². The zero-order chi connectivity index (χ0) is 22.8. The highest BCUT2D eigenvalue weighted by Crippen LogP contribution is 2.59. The Morgan fingerprint density at radius 1 is 0.875 bits per heavy atom. The average Bonchev–Trinajstić information content (AvgIpc) is 3.05. The lowest BCUT2D eigenvalue weighted by Gasteiger charge is -2.37. The SMILES string of the molecule is COc1cc2c(cc1O)Oc1cc(O)c(OC)cc1C21OC(=O)c2ccc(C(=O)O)cc21. The maximum atomic E-state index is 12.9. The van der Waals surface area contributed by atoms with Crippen LogP contribution in [0, 0.1) is 0 Å². The number of carboxylic acid groups (broad SMARTS) is 1. The van der Waals surface area contributed by atoms with Crippen molar-refractivity contribution < 1.29 is 43.9 Å². The van der Waals surface area contributed by atoms with Gasteiger partial charge in [-0.1, -0.05) is 0 Å². The molecule has 32 heavy (non-hydrogen) atoms. The highest BCUT2D eigenvalue weighted by atomic mass is 16.6. The van der Waals surface area contributed by atoms with Gasteiger partial charge in [0, 0.05) is 17.7 Å². The Hall–Kier alpha value is -4.40. The molecule has 9 nitrogen and oxygen atoms in total. The van der Waals surface area contributed by atoms with Gasteiger partial charge in [-0.05, 0) is 30.3 Å². The zero-order valence-electron chi connectivity index (χ0n) is 16.8. The molecule has 3 aromatic carbocycles. The largest absolute Gasteiger partial charge is 0.504 e. The second-order valence-electron chi connectivity index (χ2n) is 7.28. The number of rotatable bonds is 3. The second kappa shape index (κ2) is 6.55. The van der Waals surface area contributed by atoms with Crippen LogP contribution in [0.15, 0.2) is 42.5 Å². The summed E-state index contributed by atoms with van der Waals surface area (Å²) in [6.45, 7) is 0. The van der Waals surface area contributed by atoms with Gasteiger partial charge in [0.1, 0.15) is 11.5 Å². The number of methoxy groups -OCH3 is 2. The number of hydrogen-bond donors (Lipinski definition) is 3. The number of hydrogen-bond acceptors (Lipinski definition) is 8. The maximum Gasteiger partial charge on any atom is 0.340 e. The molecule has 9 heteroatoms. The van der Waals surface area contributed by atoms with Crippen molar-refractivity contribution >= 4 is 11.9 Å². The molecule has 1 spiro atoms. The molecule has 3 aromatic rings. The molecule has 0 radical (unpaired) electrons. The van der Waals surface area contributed by atoms with E-state index in [-0.39, 0.29) is 51.2 Å². The van der Waals surface area contributed by atoms with E-state index in [2.05, 4.69) is 0 Å². The van der Waals surface area contributed by atoms with Crippen molar-refractivity contribution in [1.29, 1.82) is 0 Å². The summed E-state index contributed by atoms with van der Waals surface area (Å²) in [7, 11) is 2.73. The van der Waals surface area contributed by atoms with E-state index in [4.69, 9.17) is 18.9 Å². The Labute approximate surface area is 181 Å². The molecule has 0 unspecified atom stereocenters. The zero-order valence-corrected chi connectivity index (χ0v) is 16.8. The van der Waals surface area contributed by atoms with Crippen LogP contribution in [0.25, 0.3) is 0 Å². The number of phenols is 2. The summed E-state index contributed by atoms with van der Waals surface area (Å²) in [5.74, 6) is -1.81. The van der Waals surface area contributed by atoms with Crippen molar-refractivity contribution in [2.45, 2.75) is 5.60 Å². The Morgan fingerprint density at radius 2 is 1.44 bits per heavy atom. The lowest BCUT2D eigenvalue weighted by Crippen LogP contribution is -2.33. The van der Waals surface area contributed by atoms with Crippen LogP contribution in [0.2, 0.25) is 0 Å². The molecule has 2 aliphatic heterocycles. The molecule has 0 atom stereocenters. The van der Waals surface area contributed by atoms with Crippen molar-refractivity contribution in [2.24, 2.45) is 0 Å². The fourth-order valence-electron chi connectivity index (χ4n) is 4.20. The molecule has 5 rings (SSSR count). The van der Waals surface area contributed by atoms with Gasteiger partial charge in [-0.25, -0.2) is 9.59 Å². The molecule has 0 amide bonds. The Balaban J connectivity index is 1.92. The number of ether oxygens (including phenoxy) is 4. The maximum absolute atomic E-state index is 12.9. The number of aromatic carboxylic acids is 1.